The van der Waals surface area contributed by atoms with Crippen LogP contribution in [-0.2, 0) is 25.7 Å². The van der Waals surface area contributed by atoms with Crippen molar-refractivity contribution in [1.29, 1.82) is 0 Å². The third-order valence-electron chi connectivity index (χ3n) is 20.7. The molecule has 17 rings (SSSR count). The standard InChI is InChI=1S/C93H48F16N2O10S2/c94-73-69(71-77(98)85(106)91(86(107)78(71)99)120-67-26-14-16-48-43-59(122(112,113)114)40-42-62(48)67)74(95)82(103)89(81(73)102)118-57-36-27-49(28-37-57)93(65-25-13-12-24-63(65)64-41-35-56(45-66(64)93)111(53-21-8-3-9-22-53)55-33-31-54(32-34-55)110(51-17-4-1-5-18-51)52-19-6-2-7-20-52)50-29-38-58(39-30-50)119-90-83(104)75(96)70(76(97)84(90)105)72-79(100)87(108)92(88(109)80(72)101)121-68-46-60(123(115,116)117)44-47-15-10-11-23-61(47)68/h1-46H,(H,112,113,114)(H,115,116,117). The molecule has 614 valence electrons. The molecule has 0 heterocycles. The SMILES string of the molecule is O=S(=O)(O)c1ccc2c(Oc3c(F)c(F)c(-c4c(F)c(F)c(Oc5ccc(C6(c7ccc(Oc8c(F)c(F)c(-c9c(F)c(F)c(Oc%10cc(S(=O)(=O)O)cc%11ccccc%10%11)c(F)c9F)c(F)c8F)cc7)c7ccccc7-c7ccc(N(c8ccccc8)c8ccc(N(c9ccccc9)c9ccccc9)cc8)cc76)cc5)c(F)c4F)c(F)c3F)cccc2c1. The second kappa shape index (κ2) is 31.3. The maximum atomic E-state index is 16.6. The van der Waals surface area contributed by atoms with Crippen LogP contribution in [0.5, 0.6) is 46.0 Å². The number of rotatable bonds is 20. The van der Waals surface area contributed by atoms with Crippen LogP contribution in [0.4, 0.5) is 104 Å². The molecule has 0 bridgehead atoms. The Bertz CT molecular complexity index is 7090. The van der Waals surface area contributed by atoms with Crippen molar-refractivity contribution in [3.63, 3.8) is 0 Å². The molecule has 0 spiro atoms. The highest BCUT2D eigenvalue weighted by Gasteiger charge is 2.48. The second-order valence-corrected chi connectivity index (χ2v) is 30.6. The molecule has 1 aliphatic rings. The number of fused-ring (bicyclic) bond motifs is 5. The van der Waals surface area contributed by atoms with Crippen LogP contribution in [0.3, 0.4) is 0 Å². The molecule has 1 unspecified atom stereocenters. The first-order chi connectivity index (χ1) is 58.9. The summed E-state index contributed by atoms with van der Waals surface area (Å²) in [6.45, 7) is 0. The van der Waals surface area contributed by atoms with Gasteiger partial charge in [0.25, 0.3) is 20.2 Å². The molecule has 0 saturated heterocycles. The Morgan fingerprint density at radius 3 is 1.00 bits per heavy atom. The number of nitrogens with zero attached hydrogens (tertiary/aromatic N) is 2. The molecule has 0 aromatic heterocycles. The zero-order valence-electron chi connectivity index (χ0n) is 62.0. The molecule has 0 aliphatic heterocycles. The monoisotopic (exact) mass is 1720 g/mol. The molecule has 0 amide bonds. The van der Waals surface area contributed by atoms with Crippen molar-refractivity contribution in [2.75, 3.05) is 9.80 Å². The first-order valence-corrected chi connectivity index (χ1v) is 39.3. The van der Waals surface area contributed by atoms with Crippen LogP contribution in [0.1, 0.15) is 22.3 Å². The van der Waals surface area contributed by atoms with E-state index in [2.05, 4.69) is 0 Å². The van der Waals surface area contributed by atoms with E-state index in [0.717, 1.165) is 77.7 Å². The van der Waals surface area contributed by atoms with Crippen molar-refractivity contribution >= 4 is 75.9 Å². The normalized spacial score (nSPS) is 13.1. The summed E-state index contributed by atoms with van der Waals surface area (Å²) in [5, 5.41) is -0.375. The van der Waals surface area contributed by atoms with Gasteiger partial charge in [-0.2, -0.15) is 52.0 Å². The smallest absolute Gasteiger partial charge is 0.294 e. The minimum Gasteiger partial charge on any atom is -0.451 e. The molecule has 0 fully saturated rings. The number of halogens is 16. The number of benzene rings is 16. The first kappa shape index (κ1) is 80.9. The molecule has 16 aromatic carbocycles. The van der Waals surface area contributed by atoms with Crippen LogP contribution in [0.15, 0.2) is 289 Å². The van der Waals surface area contributed by atoms with Gasteiger partial charge in [0.2, 0.25) is 69.5 Å². The van der Waals surface area contributed by atoms with Crippen LogP contribution in [-0.4, -0.2) is 25.9 Å². The zero-order chi connectivity index (χ0) is 86.6. The fraction of sp³-hybridized carbons (Fsp3) is 0.0108. The maximum absolute atomic E-state index is 16.6. The molecule has 1 aliphatic carbocycles. The predicted octanol–water partition coefficient (Wildman–Crippen LogP) is 26.5. The average molecular weight is 1720 g/mol. The Balaban J connectivity index is 0.757. The van der Waals surface area contributed by atoms with E-state index < -0.39 is 197 Å². The second-order valence-electron chi connectivity index (χ2n) is 27.7. The predicted molar refractivity (Wildman–Crippen MR) is 424 cm³/mol. The lowest BCUT2D eigenvalue weighted by Crippen LogP contribution is -2.28. The summed E-state index contributed by atoms with van der Waals surface area (Å²) in [5.41, 5.74) is -4.23. The van der Waals surface area contributed by atoms with E-state index in [0.29, 0.717) is 45.4 Å². The number of hydrogen-bond donors (Lipinski definition) is 2. The Morgan fingerprint density at radius 1 is 0.252 bits per heavy atom. The quantitative estimate of drug-likeness (QED) is 0.0424. The summed E-state index contributed by atoms with van der Waals surface area (Å²) in [6, 6.07) is 70.7. The lowest BCUT2D eigenvalue weighted by Gasteiger charge is -2.35. The van der Waals surface area contributed by atoms with Crippen LogP contribution in [0, 0.1) is 93.1 Å². The van der Waals surface area contributed by atoms with E-state index in [-0.39, 0.29) is 32.7 Å². The summed E-state index contributed by atoms with van der Waals surface area (Å²) in [7, 11) is -9.87. The highest BCUT2D eigenvalue weighted by Crippen LogP contribution is 2.59. The van der Waals surface area contributed by atoms with E-state index in [1.165, 1.54) is 54.6 Å². The van der Waals surface area contributed by atoms with Gasteiger partial charge >= 0.3 is 0 Å². The minimum absolute atomic E-state index is 0.0456. The van der Waals surface area contributed by atoms with Crippen molar-refractivity contribution in [2.45, 2.75) is 15.2 Å². The van der Waals surface area contributed by atoms with Crippen LogP contribution in [0.25, 0.3) is 54.9 Å². The van der Waals surface area contributed by atoms with E-state index in [1.54, 1.807) is 42.5 Å². The Labute approximate surface area is 686 Å². The molecule has 12 nitrogen and oxygen atoms in total. The third kappa shape index (κ3) is 13.9. The summed E-state index contributed by atoms with van der Waals surface area (Å²) < 4.78 is 350. The summed E-state index contributed by atoms with van der Waals surface area (Å²) in [4.78, 5) is 2.44. The van der Waals surface area contributed by atoms with Crippen molar-refractivity contribution in [2.24, 2.45) is 0 Å². The topological polar surface area (TPSA) is 152 Å². The molecule has 0 saturated carbocycles. The summed E-state index contributed by atoms with van der Waals surface area (Å²) >= 11 is 0. The highest BCUT2D eigenvalue weighted by molar-refractivity contribution is 7.86. The largest absolute Gasteiger partial charge is 0.451 e. The molecular formula is C93H48F16N2O10S2. The van der Waals surface area contributed by atoms with E-state index in [4.69, 9.17) is 18.9 Å². The van der Waals surface area contributed by atoms with E-state index in [9.17, 15) is 25.9 Å². The van der Waals surface area contributed by atoms with Crippen LogP contribution < -0.4 is 28.7 Å². The highest BCUT2D eigenvalue weighted by atomic mass is 32.2. The fourth-order valence-electron chi connectivity index (χ4n) is 15.2. The Kier molecular flexibility index (Phi) is 20.6. The summed E-state index contributed by atoms with van der Waals surface area (Å²) in [5.74, 6) is -51.2. The van der Waals surface area contributed by atoms with Gasteiger partial charge < -0.3 is 28.7 Å². The van der Waals surface area contributed by atoms with Gasteiger partial charge in [-0.05, 0) is 172 Å². The zero-order valence-corrected chi connectivity index (χ0v) is 63.6. The van der Waals surface area contributed by atoms with E-state index >= 15 is 70.2 Å². The van der Waals surface area contributed by atoms with Crippen molar-refractivity contribution in [3.05, 3.63) is 394 Å². The van der Waals surface area contributed by atoms with Crippen molar-refractivity contribution in [3.8, 4) is 79.4 Å². The average Bonchev–Trinajstić information content (AvgIpc) is 1.54. The van der Waals surface area contributed by atoms with Gasteiger partial charge in [-0.25, -0.2) is 35.1 Å². The fourth-order valence-corrected chi connectivity index (χ4v) is 16.3. The lowest BCUT2D eigenvalue weighted by atomic mass is 9.67. The van der Waals surface area contributed by atoms with Crippen molar-refractivity contribution < 1.29 is 115 Å². The Hall–Kier alpha value is -14.5. The Morgan fingerprint density at radius 2 is 0.577 bits per heavy atom. The molecule has 1 atom stereocenters. The first-order valence-electron chi connectivity index (χ1n) is 36.4. The van der Waals surface area contributed by atoms with E-state index in [1.807, 2.05) is 125 Å². The molecule has 30 heteroatoms. The van der Waals surface area contributed by atoms with Gasteiger partial charge in [0.05, 0.1) is 37.5 Å². The molecular weight excluding hydrogens is 1670 g/mol. The molecule has 123 heavy (non-hydrogen) atoms. The van der Waals surface area contributed by atoms with Crippen LogP contribution in [0.2, 0.25) is 0 Å². The molecule has 2 N–H and O–H groups in total. The lowest BCUT2D eigenvalue weighted by molar-refractivity contribution is 0.361. The maximum Gasteiger partial charge on any atom is 0.294 e. The number of hydrogen-bond acceptors (Lipinski definition) is 10. The third-order valence-corrected chi connectivity index (χ3v) is 22.4. The van der Waals surface area contributed by atoms with Crippen molar-refractivity contribution in [1.82, 2.24) is 0 Å². The minimum atomic E-state index is -5.08. The molecule has 0 radical (unpaired) electrons. The van der Waals surface area contributed by atoms with Gasteiger partial charge in [0.15, 0.2) is 46.5 Å². The van der Waals surface area contributed by atoms with Gasteiger partial charge in [-0.1, -0.05) is 146 Å². The number of anilines is 6. The van der Waals surface area contributed by atoms with Crippen LogP contribution >= 0.6 is 0 Å². The van der Waals surface area contributed by atoms with Gasteiger partial charge in [0.1, 0.15) is 23.0 Å². The number of ether oxygens (including phenoxy) is 4. The number of para-hydroxylation sites is 3. The van der Waals surface area contributed by atoms with Gasteiger partial charge in [0, 0.05) is 51.0 Å². The van der Waals surface area contributed by atoms with Gasteiger partial charge in [-0.15, -0.1) is 0 Å². The molecule has 16 aromatic rings. The summed E-state index contributed by atoms with van der Waals surface area (Å²) in [6.07, 6.45) is 0. The van der Waals surface area contributed by atoms with Gasteiger partial charge in [-0.3, -0.25) is 9.11 Å².